The number of rotatable bonds is 11. The number of oxazole rings is 1. The van der Waals surface area contributed by atoms with Crippen LogP contribution in [-0.4, -0.2) is 22.7 Å². The van der Waals surface area contributed by atoms with Crippen molar-refractivity contribution in [2.45, 2.75) is 46.5 Å². The quantitative estimate of drug-likeness (QED) is 0.314. The molecule has 0 aliphatic heterocycles. The standard InChI is InChI=1S/C23H25NO4.C6H10/c1-3-18-14-17(13-16(2)23(25)26)9-10-21(18)27-12-11-20-15-28-22(24-20)19-7-5-4-6-8-19;1-3-5-6-4-2/h4-10,14-16H,3,11-13H2,1-2H3,(H,25,26);3,5-6H,1,4H2,2H3/b;6-5-/t16-;/m0./s1. The molecule has 0 fully saturated rings. The molecule has 3 rings (SSSR count). The smallest absolute Gasteiger partial charge is 0.306 e. The first-order valence-corrected chi connectivity index (χ1v) is 11.7. The van der Waals surface area contributed by atoms with E-state index < -0.39 is 11.9 Å². The van der Waals surface area contributed by atoms with Gasteiger partial charge >= 0.3 is 5.97 Å². The van der Waals surface area contributed by atoms with E-state index in [-0.39, 0.29) is 0 Å². The molecule has 34 heavy (non-hydrogen) atoms. The summed E-state index contributed by atoms with van der Waals surface area (Å²) in [6, 6.07) is 15.7. The zero-order valence-corrected chi connectivity index (χ0v) is 20.4. The van der Waals surface area contributed by atoms with Crippen molar-refractivity contribution in [2.75, 3.05) is 6.61 Å². The van der Waals surface area contributed by atoms with Gasteiger partial charge in [0.1, 0.15) is 12.0 Å². The Balaban J connectivity index is 0.000000604. The molecule has 0 aliphatic rings. The minimum atomic E-state index is -0.777. The van der Waals surface area contributed by atoms with E-state index in [9.17, 15) is 4.79 Å². The Kier molecular flexibility index (Phi) is 11.4. The summed E-state index contributed by atoms with van der Waals surface area (Å²) in [4.78, 5) is 15.6. The maximum atomic E-state index is 11.1. The molecule has 0 aliphatic carbocycles. The molecular weight excluding hydrogens is 426 g/mol. The highest BCUT2D eigenvalue weighted by molar-refractivity contribution is 5.69. The van der Waals surface area contributed by atoms with Gasteiger partial charge in [-0.25, -0.2) is 4.98 Å². The number of nitrogens with zero attached hydrogens (tertiary/aromatic N) is 1. The molecular formula is C29H35NO4. The number of hydrogen-bond acceptors (Lipinski definition) is 4. The lowest BCUT2D eigenvalue weighted by molar-refractivity contribution is -0.141. The van der Waals surface area contributed by atoms with E-state index in [0.29, 0.717) is 25.3 Å². The van der Waals surface area contributed by atoms with Crippen LogP contribution in [0, 0.1) is 5.92 Å². The number of aromatic nitrogens is 1. The number of carboxylic acids is 1. The zero-order chi connectivity index (χ0) is 24.8. The first-order valence-electron chi connectivity index (χ1n) is 11.7. The van der Waals surface area contributed by atoms with Crippen molar-refractivity contribution in [1.82, 2.24) is 4.98 Å². The third-order valence-corrected chi connectivity index (χ3v) is 5.17. The van der Waals surface area contributed by atoms with Crippen LogP contribution >= 0.6 is 0 Å². The molecule has 5 nitrogen and oxygen atoms in total. The summed E-state index contributed by atoms with van der Waals surface area (Å²) in [6.45, 7) is 9.90. The van der Waals surface area contributed by atoms with Crippen LogP contribution in [-0.2, 0) is 24.1 Å². The van der Waals surface area contributed by atoms with Gasteiger partial charge in [0.2, 0.25) is 5.89 Å². The Hall–Kier alpha value is -3.60. The number of benzene rings is 2. The highest BCUT2D eigenvalue weighted by Gasteiger charge is 2.13. The van der Waals surface area contributed by atoms with Crippen molar-refractivity contribution in [3.8, 4) is 17.2 Å². The van der Waals surface area contributed by atoms with Gasteiger partial charge in [0.05, 0.1) is 18.2 Å². The molecule has 1 aromatic heterocycles. The van der Waals surface area contributed by atoms with E-state index >= 15 is 0 Å². The molecule has 0 saturated heterocycles. The van der Waals surface area contributed by atoms with Gasteiger partial charge in [0, 0.05) is 12.0 Å². The minimum absolute atomic E-state index is 0.401. The molecule has 0 bridgehead atoms. The third kappa shape index (κ3) is 8.74. The lowest BCUT2D eigenvalue weighted by Crippen LogP contribution is -2.12. The Labute approximate surface area is 202 Å². The predicted octanol–water partition coefficient (Wildman–Crippen LogP) is 6.93. The van der Waals surface area contributed by atoms with Gasteiger partial charge in [-0.15, -0.1) is 0 Å². The van der Waals surface area contributed by atoms with Crippen LogP contribution in [0.2, 0.25) is 0 Å². The third-order valence-electron chi connectivity index (χ3n) is 5.17. The second-order valence-corrected chi connectivity index (χ2v) is 7.92. The van der Waals surface area contributed by atoms with Crippen molar-refractivity contribution in [2.24, 2.45) is 5.92 Å². The Morgan fingerprint density at radius 3 is 2.59 bits per heavy atom. The molecule has 0 spiro atoms. The van der Waals surface area contributed by atoms with Crippen LogP contribution in [0.25, 0.3) is 11.5 Å². The van der Waals surface area contributed by atoms with Crippen LogP contribution in [0.1, 0.15) is 44.0 Å². The number of carboxylic acid groups (broad SMARTS) is 1. The predicted molar refractivity (Wildman–Crippen MR) is 137 cm³/mol. The topological polar surface area (TPSA) is 72.6 Å². The maximum absolute atomic E-state index is 11.1. The monoisotopic (exact) mass is 461 g/mol. The van der Waals surface area contributed by atoms with Gasteiger partial charge in [0.25, 0.3) is 0 Å². The molecule has 3 aromatic rings. The van der Waals surface area contributed by atoms with Crippen molar-refractivity contribution < 1.29 is 19.1 Å². The van der Waals surface area contributed by atoms with E-state index in [0.717, 1.165) is 41.0 Å². The van der Waals surface area contributed by atoms with Gasteiger partial charge < -0.3 is 14.3 Å². The van der Waals surface area contributed by atoms with E-state index in [1.165, 1.54) is 0 Å². The van der Waals surface area contributed by atoms with E-state index in [1.807, 2.05) is 54.6 Å². The number of aliphatic carboxylic acids is 1. The molecule has 1 atom stereocenters. The minimum Gasteiger partial charge on any atom is -0.493 e. The fraction of sp³-hybridized carbons (Fsp3) is 0.310. The molecule has 1 heterocycles. The summed E-state index contributed by atoms with van der Waals surface area (Å²) in [7, 11) is 0. The maximum Gasteiger partial charge on any atom is 0.306 e. The van der Waals surface area contributed by atoms with Gasteiger partial charge in [-0.05, 0) is 48.6 Å². The molecule has 2 aromatic carbocycles. The number of aryl methyl sites for hydroxylation is 1. The van der Waals surface area contributed by atoms with Gasteiger partial charge in [0.15, 0.2) is 0 Å². The van der Waals surface area contributed by atoms with Gasteiger partial charge in [-0.2, -0.15) is 0 Å². The van der Waals surface area contributed by atoms with Crippen LogP contribution in [0.3, 0.4) is 0 Å². The van der Waals surface area contributed by atoms with Gasteiger partial charge in [-0.1, -0.05) is 75.9 Å². The highest BCUT2D eigenvalue weighted by atomic mass is 16.5. The zero-order valence-electron chi connectivity index (χ0n) is 20.4. The van der Waals surface area contributed by atoms with Crippen LogP contribution in [0.4, 0.5) is 0 Å². The average Bonchev–Trinajstić information content (AvgIpc) is 3.33. The second kappa shape index (κ2) is 14.5. The summed E-state index contributed by atoms with van der Waals surface area (Å²) in [6.07, 6.45) is 10.6. The van der Waals surface area contributed by atoms with Crippen LogP contribution in [0.15, 0.2) is 84.0 Å². The summed E-state index contributed by atoms with van der Waals surface area (Å²) >= 11 is 0. The molecule has 0 saturated carbocycles. The van der Waals surface area contributed by atoms with E-state index in [4.69, 9.17) is 14.3 Å². The molecule has 5 heteroatoms. The second-order valence-electron chi connectivity index (χ2n) is 7.92. The molecule has 1 N–H and O–H groups in total. The lowest BCUT2D eigenvalue weighted by Gasteiger charge is -2.13. The number of hydrogen-bond donors (Lipinski definition) is 1. The normalized spacial score (nSPS) is 11.5. The lowest BCUT2D eigenvalue weighted by atomic mass is 9.98. The van der Waals surface area contributed by atoms with Crippen molar-refractivity contribution in [1.29, 1.82) is 0 Å². The average molecular weight is 462 g/mol. The van der Waals surface area contributed by atoms with E-state index in [1.54, 1.807) is 19.3 Å². The fourth-order valence-electron chi connectivity index (χ4n) is 3.25. The Morgan fingerprint density at radius 2 is 1.97 bits per heavy atom. The van der Waals surface area contributed by atoms with Crippen LogP contribution in [0.5, 0.6) is 5.75 Å². The number of allylic oxidation sites excluding steroid dienone is 3. The molecule has 0 unspecified atom stereocenters. The van der Waals surface area contributed by atoms with E-state index in [2.05, 4.69) is 31.5 Å². The first-order chi connectivity index (χ1) is 16.5. The number of carbonyl (C=O) groups is 1. The summed E-state index contributed by atoms with van der Waals surface area (Å²) in [5.41, 5.74) is 3.90. The molecule has 0 amide bonds. The summed E-state index contributed by atoms with van der Waals surface area (Å²) in [5.74, 6) is 0.270. The fourth-order valence-corrected chi connectivity index (χ4v) is 3.25. The number of ether oxygens (including phenoxy) is 1. The summed E-state index contributed by atoms with van der Waals surface area (Å²) < 4.78 is 11.5. The van der Waals surface area contributed by atoms with Gasteiger partial charge in [-0.3, -0.25) is 4.79 Å². The van der Waals surface area contributed by atoms with Crippen LogP contribution < -0.4 is 4.74 Å². The Bertz CT molecular complexity index is 1050. The van der Waals surface area contributed by atoms with Crippen molar-refractivity contribution >= 4 is 5.97 Å². The largest absolute Gasteiger partial charge is 0.493 e. The Morgan fingerprint density at radius 1 is 1.21 bits per heavy atom. The molecule has 180 valence electrons. The first kappa shape index (κ1) is 26.7. The highest BCUT2D eigenvalue weighted by Crippen LogP contribution is 2.23. The summed E-state index contributed by atoms with van der Waals surface area (Å²) in [5, 5.41) is 9.08. The SMILES string of the molecule is C=C/C=C\CC.CCc1cc(C[C@H](C)C(=O)O)ccc1OCCc1coc(-c2ccccc2)n1. The van der Waals surface area contributed by atoms with Crippen molar-refractivity contribution in [3.05, 3.63) is 96.4 Å². The van der Waals surface area contributed by atoms with Crippen molar-refractivity contribution in [3.63, 3.8) is 0 Å². The molecule has 0 radical (unpaired) electrons.